The fourth-order valence-electron chi connectivity index (χ4n) is 2.18. The Bertz CT molecular complexity index is 638. The monoisotopic (exact) mass is 428 g/mol. The number of aryl methyl sites for hydroxylation is 2. The van der Waals surface area contributed by atoms with Gasteiger partial charge in [0.25, 0.3) is 0 Å². The molecular formula is C17H25IN4O. The van der Waals surface area contributed by atoms with Crippen LogP contribution in [0.1, 0.15) is 22.9 Å². The van der Waals surface area contributed by atoms with Gasteiger partial charge in [0, 0.05) is 5.69 Å². The third kappa shape index (κ3) is 5.54. The number of nitrogens with zero attached hydrogens (tertiary/aromatic N) is 2. The van der Waals surface area contributed by atoms with E-state index in [4.69, 9.17) is 10.2 Å². The average Bonchev–Trinajstić information content (AvgIpc) is 2.97. The third-order valence-corrected chi connectivity index (χ3v) is 3.71. The summed E-state index contributed by atoms with van der Waals surface area (Å²) in [4.78, 5) is 6.49. The van der Waals surface area contributed by atoms with Gasteiger partial charge in [0.1, 0.15) is 5.76 Å². The van der Waals surface area contributed by atoms with Crippen molar-refractivity contribution in [2.75, 3.05) is 26.0 Å². The van der Waals surface area contributed by atoms with Crippen molar-refractivity contribution in [2.45, 2.75) is 19.9 Å². The summed E-state index contributed by atoms with van der Waals surface area (Å²) < 4.78 is 5.46. The maximum atomic E-state index is 5.99. The average molecular weight is 428 g/mol. The summed E-state index contributed by atoms with van der Waals surface area (Å²) in [6.45, 7) is 4.69. The predicted molar refractivity (Wildman–Crippen MR) is 107 cm³/mol. The van der Waals surface area contributed by atoms with Crippen molar-refractivity contribution in [3.63, 3.8) is 0 Å². The fourth-order valence-corrected chi connectivity index (χ4v) is 2.18. The smallest absolute Gasteiger partial charge is 0.193 e. The second-order valence-corrected chi connectivity index (χ2v) is 5.64. The molecule has 0 aliphatic heterocycles. The molecule has 2 aromatic rings. The minimum Gasteiger partial charge on any atom is -0.468 e. The molecule has 1 unspecified atom stereocenters. The molecule has 3 N–H and O–H groups in total. The van der Waals surface area contributed by atoms with E-state index in [1.165, 1.54) is 11.1 Å². The molecule has 0 radical (unpaired) electrons. The number of rotatable bonds is 5. The molecule has 5 nitrogen and oxygen atoms in total. The van der Waals surface area contributed by atoms with Crippen molar-refractivity contribution in [3.8, 4) is 0 Å². The number of nitrogens with one attached hydrogen (secondary N) is 1. The fraction of sp³-hybridized carbons (Fsp3) is 0.353. The number of aliphatic imine (C=N–C) groups is 1. The van der Waals surface area contributed by atoms with E-state index in [0.29, 0.717) is 12.5 Å². The quantitative estimate of drug-likeness (QED) is 0.435. The normalized spacial score (nSPS) is 12.8. The number of hydrogen-bond donors (Lipinski definition) is 2. The van der Waals surface area contributed by atoms with Crippen LogP contribution in [0.5, 0.6) is 0 Å². The first-order valence-electron chi connectivity index (χ1n) is 7.31. The summed E-state index contributed by atoms with van der Waals surface area (Å²) in [7, 11) is 3.99. The maximum Gasteiger partial charge on any atom is 0.193 e. The number of nitrogens with two attached hydrogens (primary N) is 1. The molecule has 0 saturated carbocycles. The molecule has 1 aromatic carbocycles. The van der Waals surface area contributed by atoms with Crippen LogP contribution in [0.2, 0.25) is 0 Å². The van der Waals surface area contributed by atoms with Gasteiger partial charge in [-0.05, 0) is 63.3 Å². The summed E-state index contributed by atoms with van der Waals surface area (Å²) in [5, 5.41) is 3.13. The zero-order valence-corrected chi connectivity index (χ0v) is 16.4. The number of likely N-dealkylation sites (N-methyl/N-ethyl adjacent to an activating group) is 1. The molecule has 0 aliphatic rings. The molecule has 0 amide bonds. The highest BCUT2D eigenvalue weighted by molar-refractivity contribution is 14.0. The highest BCUT2D eigenvalue weighted by Gasteiger charge is 2.16. The molecule has 0 saturated heterocycles. The molecular weight excluding hydrogens is 403 g/mol. The molecule has 0 aliphatic carbocycles. The Labute approximate surface area is 155 Å². The molecule has 0 spiro atoms. The van der Waals surface area contributed by atoms with Gasteiger partial charge in [-0.15, -0.1) is 24.0 Å². The Kier molecular flexibility index (Phi) is 7.57. The van der Waals surface area contributed by atoms with Gasteiger partial charge < -0.3 is 15.5 Å². The van der Waals surface area contributed by atoms with E-state index in [0.717, 1.165) is 11.4 Å². The number of halogens is 1. The summed E-state index contributed by atoms with van der Waals surface area (Å²) in [6, 6.07) is 10.0. The first kappa shape index (κ1) is 19.5. The van der Waals surface area contributed by atoms with Crippen LogP contribution in [-0.4, -0.2) is 31.5 Å². The first-order chi connectivity index (χ1) is 10.5. The lowest BCUT2D eigenvalue weighted by Crippen LogP contribution is -2.27. The van der Waals surface area contributed by atoms with Crippen LogP contribution in [-0.2, 0) is 0 Å². The Balaban J connectivity index is 0.00000264. The van der Waals surface area contributed by atoms with E-state index in [2.05, 4.69) is 41.2 Å². The van der Waals surface area contributed by atoms with E-state index < -0.39 is 0 Å². The van der Waals surface area contributed by atoms with E-state index in [1.54, 1.807) is 6.26 Å². The molecule has 0 fully saturated rings. The summed E-state index contributed by atoms with van der Waals surface area (Å²) in [6.07, 6.45) is 1.67. The van der Waals surface area contributed by atoms with Crippen molar-refractivity contribution in [3.05, 3.63) is 53.5 Å². The lowest BCUT2D eigenvalue weighted by molar-refractivity contribution is 0.265. The minimum absolute atomic E-state index is 0. The van der Waals surface area contributed by atoms with Gasteiger partial charge in [0.05, 0.1) is 18.8 Å². The van der Waals surface area contributed by atoms with Crippen molar-refractivity contribution in [1.29, 1.82) is 0 Å². The van der Waals surface area contributed by atoms with Crippen molar-refractivity contribution >= 4 is 35.6 Å². The lowest BCUT2D eigenvalue weighted by Gasteiger charge is -2.20. The van der Waals surface area contributed by atoms with E-state index in [9.17, 15) is 0 Å². The van der Waals surface area contributed by atoms with Crippen molar-refractivity contribution < 1.29 is 4.42 Å². The topological polar surface area (TPSA) is 66.8 Å². The van der Waals surface area contributed by atoms with Gasteiger partial charge in [-0.1, -0.05) is 6.07 Å². The van der Waals surface area contributed by atoms with Gasteiger partial charge in [0.15, 0.2) is 5.96 Å². The minimum atomic E-state index is 0. The number of hydrogen-bond acceptors (Lipinski definition) is 3. The highest BCUT2D eigenvalue weighted by Crippen LogP contribution is 2.19. The summed E-state index contributed by atoms with van der Waals surface area (Å²) >= 11 is 0. The van der Waals surface area contributed by atoms with E-state index in [1.807, 2.05) is 32.3 Å². The van der Waals surface area contributed by atoms with Crippen LogP contribution in [0.4, 0.5) is 5.69 Å². The number of furan rings is 1. The van der Waals surface area contributed by atoms with E-state index in [-0.39, 0.29) is 30.0 Å². The van der Waals surface area contributed by atoms with Gasteiger partial charge in [-0.3, -0.25) is 9.89 Å². The largest absolute Gasteiger partial charge is 0.468 e. The SMILES string of the molecule is Cc1ccc(NC(N)=NCC(c2ccco2)N(C)C)cc1C.I. The van der Waals surface area contributed by atoms with Crippen LogP contribution < -0.4 is 11.1 Å². The number of guanidine groups is 1. The summed E-state index contributed by atoms with van der Waals surface area (Å²) in [5.74, 6) is 1.29. The zero-order valence-electron chi connectivity index (χ0n) is 14.0. The van der Waals surface area contributed by atoms with Crippen molar-refractivity contribution in [2.24, 2.45) is 10.7 Å². The molecule has 126 valence electrons. The van der Waals surface area contributed by atoms with Crippen molar-refractivity contribution in [1.82, 2.24) is 4.90 Å². The Hall–Kier alpha value is -1.54. The molecule has 23 heavy (non-hydrogen) atoms. The highest BCUT2D eigenvalue weighted by atomic mass is 127. The molecule has 1 atom stereocenters. The molecule has 1 heterocycles. The van der Waals surface area contributed by atoms with Crippen LogP contribution >= 0.6 is 24.0 Å². The first-order valence-corrected chi connectivity index (χ1v) is 7.31. The Morgan fingerprint density at radius 3 is 2.57 bits per heavy atom. The van der Waals surface area contributed by atoms with Crippen LogP contribution in [0.3, 0.4) is 0 Å². The number of anilines is 1. The predicted octanol–water partition coefficient (Wildman–Crippen LogP) is 3.54. The molecule has 1 aromatic heterocycles. The second-order valence-electron chi connectivity index (χ2n) is 5.64. The van der Waals surface area contributed by atoms with E-state index >= 15 is 0 Å². The maximum absolute atomic E-state index is 5.99. The van der Waals surface area contributed by atoms with Crippen LogP contribution in [0.25, 0.3) is 0 Å². The van der Waals surface area contributed by atoms with Crippen LogP contribution in [0, 0.1) is 13.8 Å². The summed E-state index contributed by atoms with van der Waals surface area (Å²) in [5.41, 5.74) is 9.41. The van der Waals surface area contributed by atoms with Crippen LogP contribution in [0.15, 0.2) is 46.0 Å². The Morgan fingerprint density at radius 2 is 2.00 bits per heavy atom. The second kappa shape index (κ2) is 8.93. The molecule has 0 bridgehead atoms. The lowest BCUT2D eigenvalue weighted by atomic mass is 10.1. The van der Waals surface area contributed by atoms with Gasteiger partial charge in [-0.2, -0.15) is 0 Å². The van der Waals surface area contributed by atoms with Gasteiger partial charge in [0.2, 0.25) is 0 Å². The third-order valence-electron chi connectivity index (χ3n) is 3.71. The molecule has 2 rings (SSSR count). The van der Waals surface area contributed by atoms with Gasteiger partial charge in [-0.25, -0.2) is 0 Å². The van der Waals surface area contributed by atoms with Gasteiger partial charge >= 0.3 is 0 Å². The standard InChI is InChI=1S/C17H24N4O.HI/c1-12-7-8-14(10-13(12)2)20-17(18)19-11-15(21(3)4)16-6-5-9-22-16;/h5-10,15H,11H2,1-4H3,(H3,18,19,20);1H. The Morgan fingerprint density at radius 1 is 1.26 bits per heavy atom. The number of benzene rings is 1. The zero-order chi connectivity index (χ0) is 16.1. The molecule has 6 heteroatoms.